The predicted molar refractivity (Wildman–Crippen MR) is 69.7 cm³/mol. The number of anilines is 1. The van der Waals surface area contributed by atoms with E-state index in [4.69, 9.17) is 15.9 Å². The van der Waals surface area contributed by atoms with E-state index < -0.39 is 5.82 Å². The van der Waals surface area contributed by atoms with E-state index in [-0.39, 0.29) is 17.4 Å². The van der Waals surface area contributed by atoms with Crippen LogP contribution in [0, 0.1) is 11.2 Å². The summed E-state index contributed by atoms with van der Waals surface area (Å²) >= 11 is 0. The van der Waals surface area contributed by atoms with Crippen LogP contribution >= 0.6 is 0 Å². The Balaban J connectivity index is 2.42. The minimum Gasteiger partial charge on any atom is -0.384 e. The summed E-state index contributed by atoms with van der Waals surface area (Å²) in [7, 11) is 0. The van der Waals surface area contributed by atoms with Gasteiger partial charge in [0.25, 0.3) is 0 Å². The molecule has 1 unspecified atom stereocenters. The number of benzene rings is 1. The minimum absolute atomic E-state index is 0.192. The lowest BCUT2D eigenvalue weighted by atomic mass is 10.1. The van der Waals surface area contributed by atoms with Gasteiger partial charge in [-0.15, -0.1) is 0 Å². The first-order valence-electron chi connectivity index (χ1n) is 6.12. The summed E-state index contributed by atoms with van der Waals surface area (Å²) in [5.74, 6) is -0.675. The van der Waals surface area contributed by atoms with Gasteiger partial charge in [0, 0.05) is 6.54 Å². The third-order valence-electron chi connectivity index (χ3n) is 3.27. The van der Waals surface area contributed by atoms with E-state index in [0.717, 1.165) is 6.42 Å². The molecular weight excluding hydrogens is 233 g/mol. The lowest BCUT2D eigenvalue weighted by Gasteiger charge is -2.38. The van der Waals surface area contributed by atoms with Gasteiger partial charge in [0.15, 0.2) is 0 Å². The molecule has 98 valence electrons. The zero-order chi connectivity index (χ0) is 13.1. The molecule has 1 aliphatic heterocycles. The summed E-state index contributed by atoms with van der Waals surface area (Å²) in [6.07, 6.45) is 0.911. The first-order valence-corrected chi connectivity index (χ1v) is 6.12. The third kappa shape index (κ3) is 2.31. The lowest BCUT2D eigenvalue weighted by molar-refractivity contribution is 0.0929. The molecule has 2 rings (SSSR count). The molecule has 5 heteroatoms. The van der Waals surface area contributed by atoms with Crippen molar-refractivity contribution in [2.75, 3.05) is 24.7 Å². The maximum absolute atomic E-state index is 13.8. The van der Waals surface area contributed by atoms with E-state index in [1.807, 2.05) is 6.07 Å². The Bertz CT molecular complexity index is 450. The number of nitrogens with zero attached hydrogens (tertiary/aromatic N) is 1. The van der Waals surface area contributed by atoms with Crippen molar-refractivity contribution in [3.8, 4) is 0 Å². The topological polar surface area (TPSA) is 62.3 Å². The average molecular weight is 251 g/mol. The Kier molecular flexibility index (Phi) is 3.81. The number of nitrogens with two attached hydrogens (primary N) is 1. The second kappa shape index (κ2) is 5.35. The molecular formula is C13H18FN3O. The highest BCUT2D eigenvalue weighted by molar-refractivity contribution is 6.00. The number of hydrogen-bond donors (Lipinski definition) is 2. The molecule has 1 aromatic carbocycles. The van der Waals surface area contributed by atoms with Gasteiger partial charge in [-0.1, -0.05) is 13.0 Å². The van der Waals surface area contributed by atoms with E-state index in [9.17, 15) is 4.39 Å². The van der Waals surface area contributed by atoms with E-state index in [2.05, 4.69) is 11.8 Å². The summed E-state index contributed by atoms with van der Waals surface area (Å²) in [6.45, 7) is 4.01. The number of amidine groups is 1. The number of rotatable bonds is 3. The predicted octanol–water partition coefficient (Wildman–Crippen LogP) is 1.72. The van der Waals surface area contributed by atoms with Crippen molar-refractivity contribution >= 4 is 11.5 Å². The molecule has 0 bridgehead atoms. The summed E-state index contributed by atoms with van der Waals surface area (Å²) < 4.78 is 19.2. The highest BCUT2D eigenvalue weighted by Crippen LogP contribution is 2.27. The third-order valence-corrected chi connectivity index (χ3v) is 3.27. The van der Waals surface area contributed by atoms with Gasteiger partial charge in [-0.3, -0.25) is 5.41 Å². The van der Waals surface area contributed by atoms with Crippen LogP contribution in [0.5, 0.6) is 0 Å². The van der Waals surface area contributed by atoms with Crippen LogP contribution in [-0.2, 0) is 4.74 Å². The molecule has 0 radical (unpaired) electrons. The van der Waals surface area contributed by atoms with Crippen LogP contribution in [0.15, 0.2) is 18.2 Å². The molecule has 1 aliphatic rings. The molecule has 1 fully saturated rings. The SMILES string of the molecule is CCC1COCCN1c1cccc(F)c1C(=N)N. The Morgan fingerprint density at radius 2 is 2.39 bits per heavy atom. The zero-order valence-corrected chi connectivity index (χ0v) is 10.4. The first-order chi connectivity index (χ1) is 8.65. The molecule has 0 aliphatic carbocycles. The Morgan fingerprint density at radius 3 is 3.06 bits per heavy atom. The lowest BCUT2D eigenvalue weighted by Crippen LogP contribution is -2.46. The van der Waals surface area contributed by atoms with Crippen molar-refractivity contribution < 1.29 is 9.13 Å². The maximum Gasteiger partial charge on any atom is 0.136 e. The van der Waals surface area contributed by atoms with Gasteiger partial charge in [-0.25, -0.2) is 4.39 Å². The monoisotopic (exact) mass is 251 g/mol. The second-order valence-corrected chi connectivity index (χ2v) is 4.38. The number of nitrogens with one attached hydrogen (secondary N) is 1. The summed E-state index contributed by atoms with van der Waals surface area (Å²) in [4.78, 5) is 2.09. The standard InChI is InChI=1S/C13H18FN3O/c1-2-9-8-18-7-6-17(9)11-5-3-4-10(14)12(11)13(15)16/h3-5,9H,2,6-8H2,1H3,(H3,15,16). The molecule has 0 amide bonds. The van der Waals surface area contributed by atoms with Crippen LogP contribution in [0.1, 0.15) is 18.9 Å². The molecule has 1 saturated heterocycles. The fraction of sp³-hybridized carbons (Fsp3) is 0.462. The van der Waals surface area contributed by atoms with Crippen molar-refractivity contribution in [2.45, 2.75) is 19.4 Å². The quantitative estimate of drug-likeness (QED) is 0.635. The summed E-state index contributed by atoms with van der Waals surface area (Å²) in [5, 5.41) is 7.54. The van der Waals surface area contributed by atoms with Crippen LogP contribution in [0.3, 0.4) is 0 Å². The molecule has 1 heterocycles. The van der Waals surface area contributed by atoms with E-state index in [0.29, 0.717) is 25.4 Å². The Morgan fingerprint density at radius 1 is 1.61 bits per heavy atom. The normalized spacial score (nSPS) is 19.9. The van der Waals surface area contributed by atoms with E-state index in [1.54, 1.807) is 6.07 Å². The fourth-order valence-electron chi connectivity index (χ4n) is 2.33. The highest BCUT2D eigenvalue weighted by Gasteiger charge is 2.25. The molecule has 3 N–H and O–H groups in total. The van der Waals surface area contributed by atoms with Crippen molar-refractivity contribution in [1.82, 2.24) is 0 Å². The smallest absolute Gasteiger partial charge is 0.136 e. The fourth-order valence-corrected chi connectivity index (χ4v) is 2.33. The minimum atomic E-state index is -0.443. The van der Waals surface area contributed by atoms with Gasteiger partial charge < -0.3 is 15.4 Å². The number of hydrogen-bond acceptors (Lipinski definition) is 3. The number of ether oxygens (including phenoxy) is 1. The molecule has 0 saturated carbocycles. The number of halogens is 1. The largest absolute Gasteiger partial charge is 0.384 e. The van der Waals surface area contributed by atoms with Gasteiger partial charge in [0.2, 0.25) is 0 Å². The highest BCUT2D eigenvalue weighted by atomic mass is 19.1. The van der Waals surface area contributed by atoms with Crippen molar-refractivity contribution in [1.29, 1.82) is 5.41 Å². The maximum atomic E-state index is 13.8. The Labute approximate surface area is 106 Å². The molecule has 4 nitrogen and oxygen atoms in total. The van der Waals surface area contributed by atoms with Gasteiger partial charge in [-0.05, 0) is 18.6 Å². The number of morpholine rings is 1. The van der Waals surface area contributed by atoms with Crippen molar-refractivity contribution in [3.05, 3.63) is 29.6 Å². The van der Waals surface area contributed by atoms with E-state index in [1.165, 1.54) is 6.07 Å². The molecule has 0 spiro atoms. The van der Waals surface area contributed by atoms with E-state index >= 15 is 0 Å². The number of nitrogen functional groups attached to an aromatic ring is 1. The van der Waals surface area contributed by atoms with Crippen molar-refractivity contribution in [2.24, 2.45) is 5.73 Å². The van der Waals surface area contributed by atoms with Crippen LogP contribution in [-0.4, -0.2) is 31.6 Å². The molecule has 18 heavy (non-hydrogen) atoms. The van der Waals surface area contributed by atoms with Gasteiger partial charge >= 0.3 is 0 Å². The average Bonchev–Trinajstić information content (AvgIpc) is 2.38. The van der Waals surface area contributed by atoms with Crippen LogP contribution in [0.2, 0.25) is 0 Å². The Hall–Kier alpha value is -1.62. The van der Waals surface area contributed by atoms with Crippen molar-refractivity contribution in [3.63, 3.8) is 0 Å². The van der Waals surface area contributed by atoms with Crippen LogP contribution in [0.4, 0.5) is 10.1 Å². The molecule has 1 aromatic rings. The van der Waals surface area contributed by atoms with Crippen LogP contribution < -0.4 is 10.6 Å². The second-order valence-electron chi connectivity index (χ2n) is 4.38. The van der Waals surface area contributed by atoms with Gasteiger partial charge in [0.05, 0.1) is 30.5 Å². The summed E-state index contributed by atoms with van der Waals surface area (Å²) in [6, 6.07) is 5.01. The van der Waals surface area contributed by atoms with Crippen LogP contribution in [0.25, 0.3) is 0 Å². The first kappa shape index (κ1) is 12.8. The molecule has 0 aromatic heterocycles. The summed E-state index contributed by atoms with van der Waals surface area (Å²) in [5.41, 5.74) is 6.38. The van der Waals surface area contributed by atoms with Gasteiger partial charge in [0.1, 0.15) is 11.7 Å². The zero-order valence-electron chi connectivity index (χ0n) is 10.4. The molecule has 1 atom stereocenters. The van der Waals surface area contributed by atoms with Gasteiger partial charge in [-0.2, -0.15) is 0 Å².